The van der Waals surface area contributed by atoms with E-state index in [0.717, 1.165) is 29.0 Å². The highest BCUT2D eigenvalue weighted by molar-refractivity contribution is 14.1. The summed E-state index contributed by atoms with van der Waals surface area (Å²) in [5.41, 5.74) is 2.43. The van der Waals surface area contributed by atoms with E-state index in [0.29, 0.717) is 0 Å². The summed E-state index contributed by atoms with van der Waals surface area (Å²) in [6.07, 6.45) is 4.15. The Bertz CT molecular complexity index is 452. The topological polar surface area (TPSA) is 34.5 Å². The molecule has 0 atom stereocenters. The van der Waals surface area contributed by atoms with Crippen LogP contribution in [0.15, 0.2) is 17.3 Å². The Morgan fingerprint density at radius 2 is 2.27 bits per heavy atom. The lowest BCUT2D eigenvalue weighted by Crippen LogP contribution is -2.13. The lowest BCUT2D eigenvalue weighted by molar-refractivity contribution is 0.191. The van der Waals surface area contributed by atoms with Crippen LogP contribution in [-0.4, -0.2) is 14.3 Å². The molecule has 0 aromatic carbocycles. The van der Waals surface area contributed by atoms with Crippen LogP contribution < -0.4 is 4.74 Å². The molecule has 1 saturated carbocycles. The van der Waals surface area contributed by atoms with Crippen LogP contribution in [0.3, 0.4) is 0 Å². The fourth-order valence-corrected chi connectivity index (χ4v) is 2.28. The third-order valence-corrected chi connectivity index (χ3v) is 3.80. The van der Waals surface area contributed by atoms with Crippen molar-refractivity contribution in [2.24, 2.45) is 4.99 Å². The largest absolute Gasteiger partial charge is 0.471 e. The standard InChI is InChI=1S/C11H11IN2O/c1-11(2-3-11)15-9-4-8-7(5-13-9)6-14-10(8)12/h4-5H,2-3,6H2,1H3. The van der Waals surface area contributed by atoms with Gasteiger partial charge in [-0.15, -0.1) is 0 Å². The van der Waals surface area contributed by atoms with Gasteiger partial charge in [-0.1, -0.05) is 0 Å². The van der Waals surface area contributed by atoms with Crippen molar-refractivity contribution in [2.45, 2.75) is 31.9 Å². The number of aliphatic imine (C=N–C) groups is 1. The molecule has 0 N–H and O–H groups in total. The maximum absolute atomic E-state index is 5.82. The molecular formula is C11H11IN2O. The Labute approximate surface area is 102 Å². The van der Waals surface area contributed by atoms with Gasteiger partial charge >= 0.3 is 0 Å². The van der Waals surface area contributed by atoms with Crippen molar-refractivity contribution in [1.82, 2.24) is 4.98 Å². The molecule has 0 radical (unpaired) electrons. The summed E-state index contributed by atoms with van der Waals surface area (Å²) in [6.45, 7) is 2.89. The first-order chi connectivity index (χ1) is 7.16. The highest BCUT2D eigenvalue weighted by Gasteiger charge is 2.40. The van der Waals surface area contributed by atoms with Gasteiger partial charge in [-0.3, -0.25) is 4.99 Å². The molecule has 1 aliphatic carbocycles. The molecule has 3 rings (SSSR count). The monoisotopic (exact) mass is 314 g/mol. The number of rotatable bonds is 2. The number of nitrogens with zero attached hydrogens (tertiary/aromatic N) is 2. The molecule has 2 aliphatic rings. The minimum atomic E-state index is 0.0441. The summed E-state index contributed by atoms with van der Waals surface area (Å²) in [5.74, 6) is 0.736. The third kappa shape index (κ3) is 1.75. The summed E-state index contributed by atoms with van der Waals surface area (Å²) in [5, 5.41) is 0. The van der Waals surface area contributed by atoms with Gasteiger partial charge in [0, 0.05) is 23.4 Å². The van der Waals surface area contributed by atoms with Gasteiger partial charge in [-0.25, -0.2) is 4.98 Å². The van der Waals surface area contributed by atoms with Gasteiger partial charge in [-0.05, 0) is 42.4 Å². The third-order valence-electron chi connectivity index (χ3n) is 2.88. The van der Waals surface area contributed by atoms with Gasteiger partial charge in [0.1, 0.15) is 9.32 Å². The average Bonchev–Trinajstić information content (AvgIpc) is 2.82. The molecule has 1 fully saturated rings. The second-order valence-electron chi connectivity index (χ2n) is 4.34. The van der Waals surface area contributed by atoms with Crippen molar-refractivity contribution in [3.8, 4) is 5.88 Å². The van der Waals surface area contributed by atoms with Gasteiger partial charge in [0.05, 0.1) is 6.54 Å². The first-order valence-electron chi connectivity index (χ1n) is 5.05. The zero-order valence-electron chi connectivity index (χ0n) is 8.46. The average molecular weight is 314 g/mol. The van der Waals surface area contributed by atoms with Crippen molar-refractivity contribution >= 4 is 26.3 Å². The van der Waals surface area contributed by atoms with E-state index in [2.05, 4.69) is 39.5 Å². The normalized spacial score (nSPS) is 20.8. The van der Waals surface area contributed by atoms with Gasteiger partial charge < -0.3 is 4.74 Å². The van der Waals surface area contributed by atoms with E-state index in [4.69, 9.17) is 4.74 Å². The molecule has 0 saturated heterocycles. The van der Waals surface area contributed by atoms with Gasteiger partial charge in [0.2, 0.25) is 5.88 Å². The highest BCUT2D eigenvalue weighted by atomic mass is 127. The Morgan fingerprint density at radius 3 is 3.00 bits per heavy atom. The molecule has 1 aromatic heterocycles. The summed E-state index contributed by atoms with van der Waals surface area (Å²) < 4.78 is 6.88. The Morgan fingerprint density at radius 1 is 1.47 bits per heavy atom. The molecule has 3 nitrogen and oxygen atoms in total. The van der Waals surface area contributed by atoms with Crippen LogP contribution in [0, 0.1) is 0 Å². The summed E-state index contributed by atoms with van der Waals surface area (Å²) >= 11 is 2.26. The van der Waals surface area contributed by atoms with E-state index in [1.807, 2.05) is 12.3 Å². The second-order valence-corrected chi connectivity index (χ2v) is 5.36. The van der Waals surface area contributed by atoms with E-state index >= 15 is 0 Å². The van der Waals surface area contributed by atoms with E-state index in [9.17, 15) is 0 Å². The number of hydrogen-bond donors (Lipinski definition) is 0. The van der Waals surface area contributed by atoms with Gasteiger partial charge in [0.15, 0.2) is 0 Å². The maximum Gasteiger partial charge on any atom is 0.214 e. The SMILES string of the molecule is CC1(Oc2cc3c(cn2)CN=C3I)CC1. The minimum absolute atomic E-state index is 0.0441. The van der Waals surface area contributed by atoms with Crippen LogP contribution in [-0.2, 0) is 6.54 Å². The fraction of sp³-hybridized carbons (Fsp3) is 0.455. The quantitative estimate of drug-likeness (QED) is 0.787. The van der Waals surface area contributed by atoms with Crippen LogP contribution in [0.4, 0.5) is 0 Å². The molecule has 2 heterocycles. The molecule has 0 unspecified atom stereocenters. The minimum Gasteiger partial charge on any atom is -0.471 e. The number of fused-ring (bicyclic) bond motifs is 1. The molecule has 0 amide bonds. The molecule has 0 spiro atoms. The number of hydrogen-bond acceptors (Lipinski definition) is 3. The maximum atomic E-state index is 5.82. The number of aromatic nitrogens is 1. The van der Waals surface area contributed by atoms with Crippen LogP contribution in [0.5, 0.6) is 5.88 Å². The van der Waals surface area contributed by atoms with Crippen molar-refractivity contribution < 1.29 is 4.74 Å². The Kier molecular flexibility index (Phi) is 2.02. The lowest BCUT2D eigenvalue weighted by Gasteiger charge is -2.12. The van der Waals surface area contributed by atoms with E-state index in [1.165, 1.54) is 11.1 Å². The first kappa shape index (κ1) is 9.57. The molecule has 78 valence electrons. The van der Waals surface area contributed by atoms with Crippen molar-refractivity contribution in [1.29, 1.82) is 0 Å². The summed E-state index contributed by atoms with van der Waals surface area (Å²) in [7, 11) is 0. The van der Waals surface area contributed by atoms with Gasteiger partial charge in [0.25, 0.3) is 0 Å². The predicted molar refractivity (Wildman–Crippen MR) is 66.8 cm³/mol. The van der Waals surface area contributed by atoms with Crippen molar-refractivity contribution in [3.63, 3.8) is 0 Å². The van der Waals surface area contributed by atoms with Crippen molar-refractivity contribution in [3.05, 3.63) is 23.4 Å². The second kappa shape index (κ2) is 3.17. The van der Waals surface area contributed by atoms with Crippen LogP contribution in [0.25, 0.3) is 0 Å². The van der Waals surface area contributed by atoms with Crippen molar-refractivity contribution in [2.75, 3.05) is 0 Å². The molecule has 4 heteroatoms. The summed E-state index contributed by atoms with van der Waals surface area (Å²) in [4.78, 5) is 8.68. The predicted octanol–water partition coefficient (Wildman–Crippen LogP) is 2.71. The zero-order chi connectivity index (χ0) is 10.5. The number of ether oxygens (including phenoxy) is 1. The number of halogens is 1. The van der Waals surface area contributed by atoms with E-state index in [1.54, 1.807) is 0 Å². The highest BCUT2D eigenvalue weighted by Crippen LogP contribution is 2.39. The van der Waals surface area contributed by atoms with Crippen LogP contribution in [0.1, 0.15) is 30.9 Å². The fourth-order valence-electron chi connectivity index (χ4n) is 1.61. The Balaban J connectivity index is 1.91. The number of pyridine rings is 1. The van der Waals surface area contributed by atoms with Crippen LogP contribution >= 0.6 is 22.6 Å². The molecule has 15 heavy (non-hydrogen) atoms. The van der Waals surface area contributed by atoms with E-state index in [-0.39, 0.29) is 5.60 Å². The molecule has 1 aliphatic heterocycles. The smallest absolute Gasteiger partial charge is 0.214 e. The Hall–Kier alpha value is -0.650. The summed E-state index contributed by atoms with van der Waals surface area (Å²) in [6, 6.07) is 2.01. The lowest BCUT2D eigenvalue weighted by atomic mass is 10.2. The van der Waals surface area contributed by atoms with Crippen LogP contribution in [0.2, 0.25) is 0 Å². The first-order valence-corrected chi connectivity index (χ1v) is 6.12. The van der Waals surface area contributed by atoms with Gasteiger partial charge in [-0.2, -0.15) is 0 Å². The van der Waals surface area contributed by atoms with E-state index < -0.39 is 0 Å². The molecular weight excluding hydrogens is 303 g/mol. The molecule has 1 aromatic rings. The molecule has 0 bridgehead atoms. The zero-order valence-corrected chi connectivity index (χ0v) is 10.6.